The van der Waals surface area contributed by atoms with Gasteiger partial charge in [-0.15, -0.1) is 0 Å². The molecule has 0 aliphatic carbocycles. The van der Waals surface area contributed by atoms with Crippen LogP contribution in [-0.4, -0.2) is 64.0 Å². The molecule has 0 saturated carbocycles. The van der Waals surface area contributed by atoms with Crippen molar-refractivity contribution in [3.63, 3.8) is 0 Å². The molecule has 2 aromatic heterocycles. The molecule has 7 heteroatoms. The molecule has 174 valence electrons. The highest BCUT2D eigenvalue weighted by Gasteiger charge is 2.32. The highest BCUT2D eigenvalue weighted by molar-refractivity contribution is 5.72. The average molecular weight is 458 g/mol. The summed E-state index contributed by atoms with van der Waals surface area (Å²) < 4.78 is 17.8. The SMILES string of the molecule is CN(C)C[C@H]1CN(c2ccc3c(c2)Cn2cc(-c4ccc(F)cc4)cc2-c2nccn2-3)C[C@H]1O. The first-order valence-electron chi connectivity index (χ1n) is 11.7. The quantitative estimate of drug-likeness (QED) is 0.445. The summed E-state index contributed by atoms with van der Waals surface area (Å²) in [7, 11) is 4.10. The largest absolute Gasteiger partial charge is 0.391 e. The molecule has 2 aromatic carbocycles. The minimum atomic E-state index is -0.323. The summed E-state index contributed by atoms with van der Waals surface area (Å²) in [4.78, 5) is 9.09. The van der Waals surface area contributed by atoms with E-state index in [2.05, 4.69) is 68.5 Å². The minimum Gasteiger partial charge on any atom is -0.391 e. The van der Waals surface area contributed by atoms with Crippen molar-refractivity contribution in [2.75, 3.05) is 38.6 Å². The van der Waals surface area contributed by atoms with E-state index < -0.39 is 0 Å². The van der Waals surface area contributed by atoms with E-state index in [0.29, 0.717) is 13.1 Å². The Hall–Kier alpha value is -3.42. The Balaban J connectivity index is 1.37. The first-order valence-corrected chi connectivity index (χ1v) is 11.7. The van der Waals surface area contributed by atoms with Gasteiger partial charge in [0.15, 0.2) is 5.82 Å². The van der Waals surface area contributed by atoms with Crippen molar-refractivity contribution >= 4 is 5.69 Å². The van der Waals surface area contributed by atoms with Gasteiger partial charge >= 0.3 is 0 Å². The maximum Gasteiger partial charge on any atom is 0.161 e. The fraction of sp³-hybridized carbons (Fsp3) is 0.296. The molecule has 34 heavy (non-hydrogen) atoms. The number of hydrogen-bond donors (Lipinski definition) is 1. The molecule has 0 radical (unpaired) electrons. The van der Waals surface area contributed by atoms with Gasteiger partial charge in [-0.2, -0.15) is 0 Å². The lowest BCUT2D eigenvalue weighted by Gasteiger charge is -2.21. The zero-order chi connectivity index (χ0) is 23.4. The summed E-state index contributed by atoms with van der Waals surface area (Å²) in [5, 5.41) is 10.6. The third-order valence-corrected chi connectivity index (χ3v) is 6.98. The van der Waals surface area contributed by atoms with E-state index in [9.17, 15) is 9.50 Å². The van der Waals surface area contributed by atoms with Crippen molar-refractivity contribution < 1.29 is 9.50 Å². The number of fused-ring (bicyclic) bond motifs is 5. The van der Waals surface area contributed by atoms with Gasteiger partial charge in [0, 0.05) is 61.9 Å². The molecule has 2 aliphatic heterocycles. The number of rotatable bonds is 4. The Morgan fingerprint density at radius 2 is 1.88 bits per heavy atom. The molecule has 6 rings (SSSR count). The lowest BCUT2D eigenvalue weighted by molar-refractivity contribution is 0.130. The summed E-state index contributed by atoms with van der Waals surface area (Å²) in [6.07, 6.45) is 5.63. The van der Waals surface area contributed by atoms with E-state index in [1.807, 2.05) is 24.5 Å². The first-order chi connectivity index (χ1) is 16.5. The molecule has 1 fully saturated rings. The number of halogens is 1. The van der Waals surface area contributed by atoms with E-state index in [0.717, 1.165) is 47.1 Å². The van der Waals surface area contributed by atoms with E-state index in [-0.39, 0.29) is 17.8 Å². The Kier molecular flexibility index (Phi) is 5.04. The number of nitrogens with zero attached hydrogens (tertiary/aromatic N) is 5. The molecular formula is C27H28FN5O. The number of imidazole rings is 1. The van der Waals surface area contributed by atoms with Crippen LogP contribution in [0.25, 0.3) is 28.3 Å². The Morgan fingerprint density at radius 3 is 2.68 bits per heavy atom. The Labute approximate surface area is 198 Å². The Morgan fingerprint density at radius 1 is 1.06 bits per heavy atom. The van der Waals surface area contributed by atoms with Gasteiger partial charge in [-0.05, 0) is 61.6 Å². The second kappa shape index (κ2) is 8.11. The van der Waals surface area contributed by atoms with Crippen molar-refractivity contribution in [2.45, 2.75) is 12.6 Å². The summed E-state index contributed by atoms with van der Waals surface area (Å²) in [6.45, 7) is 3.08. The summed E-state index contributed by atoms with van der Waals surface area (Å²) in [6, 6.07) is 15.3. The van der Waals surface area contributed by atoms with Crippen LogP contribution in [0.1, 0.15) is 5.56 Å². The normalized spacial score (nSPS) is 19.1. The molecular weight excluding hydrogens is 429 g/mol. The molecule has 0 bridgehead atoms. The molecule has 0 amide bonds. The van der Waals surface area contributed by atoms with Gasteiger partial charge in [0.05, 0.1) is 17.5 Å². The van der Waals surface area contributed by atoms with Crippen LogP contribution in [-0.2, 0) is 6.54 Å². The van der Waals surface area contributed by atoms with Crippen LogP contribution in [0.15, 0.2) is 67.1 Å². The van der Waals surface area contributed by atoms with E-state index in [1.165, 1.54) is 17.7 Å². The third kappa shape index (κ3) is 3.61. The lowest BCUT2D eigenvalue weighted by Crippen LogP contribution is -2.29. The number of hydrogen-bond acceptors (Lipinski definition) is 4. The van der Waals surface area contributed by atoms with Crippen LogP contribution in [0, 0.1) is 11.7 Å². The first kappa shape index (κ1) is 21.1. The van der Waals surface area contributed by atoms with Gasteiger partial charge in [-0.25, -0.2) is 9.37 Å². The predicted octanol–water partition coefficient (Wildman–Crippen LogP) is 3.87. The topological polar surface area (TPSA) is 49.5 Å². The third-order valence-electron chi connectivity index (χ3n) is 6.98. The average Bonchev–Trinajstić information content (AvgIpc) is 3.52. The van der Waals surface area contributed by atoms with E-state index in [4.69, 9.17) is 0 Å². The molecule has 2 atom stereocenters. The second-order valence-corrected chi connectivity index (χ2v) is 9.68. The van der Waals surface area contributed by atoms with Gasteiger partial charge in [-0.3, -0.25) is 4.57 Å². The zero-order valence-electron chi connectivity index (χ0n) is 19.4. The van der Waals surface area contributed by atoms with Crippen LogP contribution in [0.2, 0.25) is 0 Å². The smallest absolute Gasteiger partial charge is 0.161 e. The van der Waals surface area contributed by atoms with Crippen molar-refractivity contribution in [3.05, 3.63) is 78.5 Å². The molecule has 1 N–H and O–H groups in total. The zero-order valence-corrected chi connectivity index (χ0v) is 19.4. The number of benzene rings is 2. The van der Waals surface area contributed by atoms with E-state index in [1.54, 1.807) is 0 Å². The molecule has 1 saturated heterocycles. The second-order valence-electron chi connectivity index (χ2n) is 9.68. The number of aliphatic hydroxyl groups excluding tert-OH is 1. The Bertz CT molecular complexity index is 1340. The summed E-state index contributed by atoms with van der Waals surface area (Å²) >= 11 is 0. The number of aromatic nitrogens is 3. The van der Waals surface area contributed by atoms with Crippen LogP contribution in [0.4, 0.5) is 10.1 Å². The van der Waals surface area contributed by atoms with Gasteiger partial charge < -0.3 is 19.5 Å². The van der Waals surface area contributed by atoms with Crippen molar-refractivity contribution in [1.82, 2.24) is 19.0 Å². The molecule has 4 aromatic rings. The van der Waals surface area contributed by atoms with Crippen molar-refractivity contribution in [1.29, 1.82) is 0 Å². The van der Waals surface area contributed by atoms with Gasteiger partial charge in [0.25, 0.3) is 0 Å². The molecule has 2 aliphatic rings. The van der Waals surface area contributed by atoms with Gasteiger partial charge in [-0.1, -0.05) is 12.1 Å². The summed E-state index contributed by atoms with van der Waals surface area (Å²) in [5.41, 5.74) is 6.50. The highest BCUT2D eigenvalue weighted by atomic mass is 19.1. The predicted molar refractivity (Wildman–Crippen MR) is 132 cm³/mol. The fourth-order valence-electron chi connectivity index (χ4n) is 5.34. The van der Waals surface area contributed by atoms with E-state index >= 15 is 0 Å². The van der Waals surface area contributed by atoms with Crippen molar-refractivity contribution in [3.8, 4) is 28.3 Å². The maximum atomic E-state index is 13.4. The molecule has 0 spiro atoms. The number of β-amino-alcohol motifs (C(OH)–C–C–N with tert-alkyl or cyclic N) is 1. The van der Waals surface area contributed by atoms with Gasteiger partial charge in [0.2, 0.25) is 0 Å². The van der Waals surface area contributed by atoms with Crippen LogP contribution in [0.3, 0.4) is 0 Å². The van der Waals surface area contributed by atoms with Gasteiger partial charge in [0.1, 0.15) is 5.82 Å². The number of aliphatic hydroxyl groups is 1. The number of anilines is 1. The highest BCUT2D eigenvalue weighted by Crippen LogP contribution is 2.36. The van der Waals surface area contributed by atoms with Crippen LogP contribution >= 0.6 is 0 Å². The minimum absolute atomic E-state index is 0.235. The fourth-order valence-corrected chi connectivity index (χ4v) is 5.34. The molecule has 4 heterocycles. The molecule has 6 nitrogen and oxygen atoms in total. The van der Waals surface area contributed by atoms with Crippen molar-refractivity contribution in [2.24, 2.45) is 5.92 Å². The van der Waals surface area contributed by atoms with Crippen LogP contribution in [0.5, 0.6) is 0 Å². The van der Waals surface area contributed by atoms with Crippen LogP contribution < -0.4 is 4.90 Å². The lowest BCUT2D eigenvalue weighted by atomic mass is 10.1. The molecule has 0 unspecified atom stereocenters. The monoisotopic (exact) mass is 457 g/mol. The summed E-state index contributed by atoms with van der Waals surface area (Å²) in [5.74, 6) is 0.896. The maximum absolute atomic E-state index is 13.4. The standard InChI is InChI=1S/C27H28FN5O/c1-30(2)13-21-16-31(17-26(21)34)23-7-8-24-20(11-23)15-32-14-19(18-3-5-22(28)6-4-18)12-25(32)27-29-9-10-33(24)27/h3-12,14,21,26,34H,13,15-17H2,1-2H3/t21-,26+/m0/s1.